The summed E-state index contributed by atoms with van der Waals surface area (Å²) < 4.78 is 74.4. The maximum atomic E-state index is 12.7. The Morgan fingerprint density at radius 2 is 1.47 bits per heavy atom. The minimum atomic E-state index is -3.22. The molecular formula is C20H20F4N2O6. The highest BCUT2D eigenvalue weighted by Gasteiger charge is 2.18. The van der Waals surface area contributed by atoms with Crippen molar-refractivity contribution in [3.63, 3.8) is 0 Å². The predicted molar refractivity (Wildman–Crippen MR) is 105 cm³/mol. The number of halogens is 4. The standard InChI is InChI=1S/C20H20F4N2O6/c1-10(13-6-5-12(31-19(21)22)9-14(13)32-20(23)24)25-26-18(27)11-7-15(28-2)17(30-4)16(8-11)29-3/h5-9,19-20H,1-4H3,(H,26,27)/b25-10-. The summed E-state index contributed by atoms with van der Waals surface area (Å²) >= 11 is 0. The zero-order chi connectivity index (χ0) is 23.8. The zero-order valence-electron chi connectivity index (χ0n) is 17.5. The molecule has 2 aromatic rings. The first-order valence-corrected chi connectivity index (χ1v) is 8.88. The van der Waals surface area contributed by atoms with Crippen LogP contribution in [0.1, 0.15) is 22.8 Å². The first-order valence-electron chi connectivity index (χ1n) is 8.88. The van der Waals surface area contributed by atoms with Crippen molar-refractivity contribution in [2.45, 2.75) is 20.1 Å². The Labute approximate surface area is 180 Å². The van der Waals surface area contributed by atoms with Gasteiger partial charge < -0.3 is 23.7 Å². The molecule has 0 heterocycles. The fraction of sp³-hybridized carbons (Fsp3) is 0.300. The number of nitrogens with zero attached hydrogens (tertiary/aromatic N) is 1. The molecule has 2 rings (SSSR count). The molecule has 1 amide bonds. The fourth-order valence-corrected chi connectivity index (χ4v) is 2.64. The van der Waals surface area contributed by atoms with E-state index in [2.05, 4.69) is 20.0 Å². The van der Waals surface area contributed by atoms with Gasteiger partial charge in [0.15, 0.2) is 11.5 Å². The van der Waals surface area contributed by atoms with Crippen molar-refractivity contribution in [3.05, 3.63) is 41.5 Å². The molecule has 0 aromatic heterocycles. The maximum absolute atomic E-state index is 12.7. The lowest BCUT2D eigenvalue weighted by atomic mass is 10.1. The third-order valence-corrected chi connectivity index (χ3v) is 4.04. The molecule has 0 saturated heterocycles. The van der Waals surface area contributed by atoms with Crippen LogP contribution >= 0.6 is 0 Å². The second kappa shape index (κ2) is 11.1. The molecule has 0 aliphatic rings. The van der Waals surface area contributed by atoms with Crippen LogP contribution in [0.25, 0.3) is 0 Å². The second-order valence-corrected chi connectivity index (χ2v) is 5.97. The van der Waals surface area contributed by atoms with Crippen molar-refractivity contribution in [1.29, 1.82) is 0 Å². The summed E-state index contributed by atoms with van der Waals surface area (Å²) in [7, 11) is 4.17. The highest BCUT2D eigenvalue weighted by Crippen LogP contribution is 2.38. The van der Waals surface area contributed by atoms with Crippen LogP contribution in [-0.2, 0) is 0 Å². The Kier molecular flexibility index (Phi) is 8.50. The Bertz CT molecular complexity index is 960. The van der Waals surface area contributed by atoms with E-state index in [1.165, 1.54) is 46.5 Å². The van der Waals surface area contributed by atoms with Crippen LogP contribution in [0.5, 0.6) is 28.7 Å². The monoisotopic (exact) mass is 460 g/mol. The Morgan fingerprint density at radius 1 is 0.875 bits per heavy atom. The molecule has 0 saturated carbocycles. The third-order valence-electron chi connectivity index (χ3n) is 4.04. The number of hydrogen-bond donors (Lipinski definition) is 1. The molecule has 0 aliphatic carbocycles. The number of amides is 1. The number of hydrogen-bond acceptors (Lipinski definition) is 7. The van der Waals surface area contributed by atoms with E-state index in [1.807, 2.05) is 0 Å². The Morgan fingerprint density at radius 3 is 1.97 bits per heavy atom. The van der Waals surface area contributed by atoms with Crippen molar-refractivity contribution in [3.8, 4) is 28.7 Å². The molecule has 0 bridgehead atoms. The molecule has 0 radical (unpaired) electrons. The molecule has 174 valence electrons. The smallest absolute Gasteiger partial charge is 0.387 e. The lowest BCUT2D eigenvalue weighted by Gasteiger charge is -2.14. The summed E-state index contributed by atoms with van der Waals surface area (Å²) in [6.45, 7) is -4.97. The van der Waals surface area contributed by atoms with Gasteiger partial charge in [0.05, 0.1) is 27.0 Å². The van der Waals surface area contributed by atoms with Crippen LogP contribution in [0.2, 0.25) is 0 Å². The minimum absolute atomic E-state index is 0.0251. The van der Waals surface area contributed by atoms with Gasteiger partial charge in [0, 0.05) is 17.2 Å². The first-order chi connectivity index (χ1) is 15.2. The second-order valence-electron chi connectivity index (χ2n) is 5.97. The van der Waals surface area contributed by atoms with Crippen molar-refractivity contribution in [2.24, 2.45) is 5.10 Å². The molecule has 0 aliphatic heterocycles. The minimum Gasteiger partial charge on any atom is -0.493 e. The quantitative estimate of drug-likeness (QED) is 0.327. The van der Waals surface area contributed by atoms with Gasteiger partial charge in [0.2, 0.25) is 5.75 Å². The third kappa shape index (κ3) is 6.15. The van der Waals surface area contributed by atoms with E-state index in [1.54, 1.807) is 0 Å². The first kappa shape index (κ1) is 24.6. The lowest BCUT2D eigenvalue weighted by Crippen LogP contribution is -2.20. The number of methoxy groups -OCH3 is 3. The molecule has 0 atom stereocenters. The number of nitrogens with one attached hydrogen (secondary N) is 1. The number of alkyl halides is 4. The van der Waals surface area contributed by atoms with Crippen LogP contribution < -0.4 is 29.1 Å². The van der Waals surface area contributed by atoms with Gasteiger partial charge in [-0.1, -0.05) is 0 Å². The molecule has 8 nitrogen and oxygen atoms in total. The van der Waals surface area contributed by atoms with Crippen molar-refractivity contribution in [2.75, 3.05) is 21.3 Å². The van der Waals surface area contributed by atoms with Crippen LogP contribution in [0.4, 0.5) is 17.6 Å². The lowest BCUT2D eigenvalue weighted by molar-refractivity contribution is -0.0543. The molecule has 12 heteroatoms. The Balaban J connectivity index is 2.31. The van der Waals surface area contributed by atoms with Crippen LogP contribution in [0, 0.1) is 0 Å². The molecule has 0 fully saturated rings. The van der Waals surface area contributed by atoms with Gasteiger partial charge >= 0.3 is 13.2 Å². The summed E-state index contributed by atoms with van der Waals surface area (Å²) in [5.41, 5.74) is 2.46. The van der Waals surface area contributed by atoms with Gasteiger partial charge in [0.25, 0.3) is 5.91 Å². The number of carbonyl (C=O) groups is 1. The average molecular weight is 460 g/mol. The normalized spacial score (nSPS) is 11.4. The van der Waals surface area contributed by atoms with E-state index >= 15 is 0 Å². The van der Waals surface area contributed by atoms with Crippen molar-refractivity contribution in [1.82, 2.24) is 5.43 Å². The van der Waals surface area contributed by atoms with E-state index < -0.39 is 24.9 Å². The zero-order valence-corrected chi connectivity index (χ0v) is 17.5. The molecule has 0 spiro atoms. The summed E-state index contributed by atoms with van der Waals surface area (Å²) in [5.74, 6) is -0.751. The number of benzene rings is 2. The maximum Gasteiger partial charge on any atom is 0.387 e. The number of carbonyl (C=O) groups excluding carboxylic acids is 1. The van der Waals surface area contributed by atoms with Gasteiger partial charge in [-0.2, -0.15) is 22.7 Å². The van der Waals surface area contributed by atoms with E-state index in [4.69, 9.17) is 14.2 Å². The molecular weight excluding hydrogens is 440 g/mol. The fourth-order valence-electron chi connectivity index (χ4n) is 2.64. The summed E-state index contributed by atoms with van der Waals surface area (Å²) in [4.78, 5) is 12.5. The van der Waals surface area contributed by atoms with Gasteiger partial charge in [-0.05, 0) is 31.2 Å². The molecule has 32 heavy (non-hydrogen) atoms. The predicted octanol–water partition coefficient (Wildman–Crippen LogP) is 4.07. The molecule has 2 aromatic carbocycles. The Hall–Kier alpha value is -3.70. The van der Waals surface area contributed by atoms with E-state index in [9.17, 15) is 22.4 Å². The number of rotatable bonds is 10. The molecule has 0 unspecified atom stereocenters. The summed E-state index contributed by atoms with van der Waals surface area (Å²) in [6.07, 6.45) is 0. The van der Waals surface area contributed by atoms with Crippen molar-refractivity contribution >= 4 is 11.6 Å². The summed E-state index contributed by atoms with van der Waals surface area (Å²) in [6, 6.07) is 5.97. The van der Waals surface area contributed by atoms with Gasteiger partial charge in [-0.25, -0.2) is 5.43 Å². The van der Waals surface area contributed by atoms with Crippen LogP contribution in [-0.4, -0.2) is 46.2 Å². The average Bonchev–Trinajstić information content (AvgIpc) is 2.75. The highest BCUT2D eigenvalue weighted by atomic mass is 19.3. The number of hydrazone groups is 1. The number of ether oxygens (including phenoxy) is 5. The highest BCUT2D eigenvalue weighted by molar-refractivity contribution is 6.03. The topological polar surface area (TPSA) is 87.6 Å². The summed E-state index contributed by atoms with van der Waals surface area (Å²) in [5, 5.41) is 3.87. The molecule has 1 N–H and O–H groups in total. The van der Waals surface area contributed by atoms with Crippen LogP contribution in [0.3, 0.4) is 0 Å². The van der Waals surface area contributed by atoms with Gasteiger partial charge in [0.1, 0.15) is 11.5 Å². The largest absolute Gasteiger partial charge is 0.493 e. The van der Waals surface area contributed by atoms with E-state index in [-0.39, 0.29) is 39.8 Å². The van der Waals surface area contributed by atoms with Crippen LogP contribution in [0.15, 0.2) is 35.4 Å². The van der Waals surface area contributed by atoms with Gasteiger partial charge in [-0.15, -0.1) is 0 Å². The van der Waals surface area contributed by atoms with E-state index in [0.29, 0.717) is 0 Å². The van der Waals surface area contributed by atoms with E-state index in [0.717, 1.165) is 12.1 Å². The van der Waals surface area contributed by atoms with Crippen molar-refractivity contribution < 1.29 is 46.0 Å². The SMILES string of the molecule is COc1cc(C(=O)N/N=C(/C)c2ccc(OC(F)F)cc2OC(F)F)cc(OC)c1OC. The van der Waals surface area contributed by atoms with Gasteiger partial charge in [-0.3, -0.25) is 4.79 Å².